The summed E-state index contributed by atoms with van der Waals surface area (Å²) in [6.07, 6.45) is 3.81. The first-order valence-electron chi connectivity index (χ1n) is 7.74. The number of nitrogens with one attached hydrogen (secondary N) is 2. The van der Waals surface area contributed by atoms with Crippen LogP contribution in [0, 0.1) is 5.92 Å². The second kappa shape index (κ2) is 7.67. The molecule has 7 heteroatoms. The van der Waals surface area contributed by atoms with Gasteiger partial charge in [-0.1, -0.05) is 0 Å². The summed E-state index contributed by atoms with van der Waals surface area (Å²) in [6.45, 7) is 5.31. The number of rotatable bonds is 6. The van der Waals surface area contributed by atoms with Crippen molar-refractivity contribution in [2.24, 2.45) is 5.92 Å². The molecule has 0 radical (unpaired) electrons. The first-order valence-corrected chi connectivity index (χ1v) is 8.37. The van der Waals surface area contributed by atoms with Gasteiger partial charge in [-0.3, -0.25) is 14.3 Å². The topological polar surface area (TPSA) is 76.0 Å². The molecule has 0 fully saturated rings. The molecule has 2 N–H and O–H groups in total. The minimum atomic E-state index is -0.0731. The van der Waals surface area contributed by atoms with E-state index in [4.69, 9.17) is 0 Å². The molecule has 2 amide bonds. The van der Waals surface area contributed by atoms with E-state index in [-0.39, 0.29) is 17.9 Å². The third-order valence-electron chi connectivity index (χ3n) is 3.77. The molecule has 1 aliphatic rings. The van der Waals surface area contributed by atoms with Crippen molar-refractivity contribution < 1.29 is 9.59 Å². The van der Waals surface area contributed by atoms with Gasteiger partial charge in [-0.2, -0.15) is 17.7 Å². The molecule has 1 aromatic heterocycles. The second-order valence-electron chi connectivity index (χ2n) is 5.99. The summed E-state index contributed by atoms with van der Waals surface area (Å²) in [5, 5.41) is 10.1. The van der Waals surface area contributed by atoms with E-state index >= 15 is 0 Å². The fourth-order valence-corrected chi connectivity index (χ4v) is 2.85. The van der Waals surface area contributed by atoms with E-state index in [1.807, 2.05) is 18.5 Å². The molecule has 0 aliphatic carbocycles. The van der Waals surface area contributed by atoms with Crippen molar-refractivity contribution in [1.29, 1.82) is 0 Å². The Balaban J connectivity index is 1.98. The maximum atomic E-state index is 12.2. The van der Waals surface area contributed by atoms with Crippen LogP contribution in [0.4, 0.5) is 0 Å². The molecule has 0 aromatic carbocycles. The Morgan fingerprint density at radius 2 is 2.27 bits per heavy atom. The molecule has 1 atom stereocenters. The number of carbonyl (C=O) groups is 2. The van der Waals surface area contributed by atoms with Crippen LogP contribution in [0.2, 0.25) is 0 Å². The van der Waals surface area contributed by atoms with Gasteiger partial charge in [0.1, 0.15) is 0 Å². The number of fused-ring (bicyclic) bond motifs is 1. The third kappa shape index (κ3) is 4.25. The van der Waals surface area contributed by atoms with Crippen LogP contribution >= 0.6 is 12.6 Å². The first-order chi connectivity index (χ1) is 10.5. The van der Waals surface area contributed by atoms with Crippen LogP contribution in [-0.2, 0) is 17.8 Å². The number of aromatic nitrogens is 2. The van der Waals surface area contributed by atoms with E-state index in [1.54, 1.807) is 6.20 Å². The predicted octanol–water partition coefficient (Wildman–Crippen LogP) is 1.02. The van der Waals surface area contributed by atoms with Gasteiger partial charge >= 0.3 is 0 Å². The molecule has 0 saturated heterocycles. The third-order valence-corrected chi connectivity index (χ3v) is 3.99. The number of carbonyl (C=O) groups excluding carboxylic acids is 2. The number of hydrogen-bond acceptors (Lipinski definition) is 4. The smallest absolute Gasteiger partial charge is 0.254 e. The van der Waals surface area contributed by atoms with E-state index in [2.05, 4.69) is 28.4 Å². The Morgan fingerprint density at radius 1 is 1.50 bits per heavy atom. The molecule has 0 bridgehead atoms. The largest absolute Gasteiger partial charge is 0.356 e. The lowest BCUT2D eigenvalue weighted by Crippen LogP contribution is -2.35. The number of thiol groups is 1. The highest BCUT2D eigenvalue weighted by Gasteiger charge is 2.25. The molecular formula is C15H24N4O2S. The van der Waals surface area contributed by atoms with Crippen LogP contribution in [0.5, 0.6) is 0 Å². The van der Waals surface area contributed by atoms with Crippen LogP contribution in [0.15, 0.2) is 6.20 Å². The van der Waals surface area contributed by atoms with Gasteiger partial charge in [0, 0.05) is 25.6 Å². The van der Waals surface area contributed by atoms with Crippen molar-refractivity contribution in [3.8, 4) is 0 Å². The molecule has 122 valence electrons. The molecule has 2 rings (SSSR count). The number of nitrogens with zero attached hydrogens (tertiary/aromatic N) is 2. The molecule has 2 heterocycles. The molecule has 1 unspecified atom stereocenters. The molecule has 1 aromatic rings. The van der Waals surface area contributed by atoms with E-state index in [9.17, 15) is 9.59 Å². The Hall–Kier alpha value is -1.50. The summed E-state index contributed by atoms with van der Waals surface area (Å²) in [6, 6.07) is 0.1000. The van der Waals surface area contributed by atoms with Gasteiger partial charge in [-0.15, -0.1) is 0 Å². The predicted molar refractivity (Wildman–Crippen MR) is 88.1 cm³/mol. The zero-order chi connectivity index (χ0) is 16.1. The quantitative estimate of drug-likeness (QED) is 0.684. The maximum Gasteiger partial charge on any atom is 0.254 e. The lowest BCUT2D eigenvalue weighted by molar-refractivity contribution is -0.120. The van der Waals surface area contributed by atoms with Crippen molar-refractivity contribution >= 4 is 24.4 Å². The Morgan fingerprint density at radius 3 is 2.95 bits per heavy atom. The monoisotopic (exact) mass is 324 g/mol. The fourth-order valence-electron chi connectivity index (χ4n) is 2.65. The normalized spacial score (nSPS) is 17.2. The van der Waals surface area contributed by atoms with Gasteiger partial charge in [0.15, 0.2) is 0 Å². The van der Waals surface area contributed by atoms with E-state index in [0.717, 1.165) is 25.1 Å². The average molecular weight is 324 g/mol. The van der Waals surface area contributed by atoms with Crippen molar-refractivity contribution in [3.05, 3.63) is 17.5 Å². The minimum absolute atomic E-state index is 0.0341. The van der Waals surface area contributed by atoms with Crippen LogP contribution in [0.25, 0.3) is 0 Å². The van der Waals surface area contributed by atoms with Gasteiger partial charge in [-0.25, -0.2) is 0 Å². The van der Waals surface area contributed by atoms with Crippen molar-refractivity contribution in [3.63, 3.8) is 0 Å². The SMILES string of the molecule is CC(C)NC(=O)c1cnn2c1CC(CNC(=O)CCS)CC2. The van der Waals surface area contributed by atoms with Gasteiger partial charge in [0.25, 0.3) is 5.91 Å². The summed E-state index contributed by atoms with van der Waals surface area (Å²) in [4.78, 5) is 23.7. The van der Waals surface area contributed by atoms with Gasteiger partial charge in [0.2, 0.25) is 5.91 Å². The summed E-state index contributed by atoms with van der Waals surface area (Å²) < 4.78 is 1.90. The highest BCUT2D eigenvalue weighted by atomic mass is 32.1. The van der Waals surface area contributed by atoms with E-state index in [1.165, 1.54) is 0 Å². The van der Waals surface area contributed by atoms with Gasteiger partial charge in [-0.05, 0) is 38.4 Å². The van der Waals surface area contributed by atoms with Crippen LogP contribution in [-0.4, -0.2) is 39.9 Å². The lowest BCUT2D eigenvalue weighted by atomic mass is 9.94. The highest BCUT2D eigenvalue weighted by molar-refractivity contribution is 7.80. The Kier molecular flexibility index (Phi) is 5.88. The number of hydrogen-bond donors (Lipinski definition) is 3. The molecule has 0 saturated carbocycles. The summed E-state index contributed by atoms with van der Waals surface area (Å²) in [5.74, 6) is 0.865. The Labute approximate surface area is 136 Å². The lowest BCUT2D eigenvalue weighted by Gasteiger charge is -2.24. The number of amides is 2. The average Bonchev–Trinajstić information content (AvgIpc) is 2.88. The molecule has 6 nitrogen and oxygen atoms in total. The molecule has 22 heavy (non-hydrogen) atoms. The zero-order valence-corrected chi connectivity index (χ0v) is 14.0. The van der Waals surface area contributed by atoms with Crippen molar-refractivity contribution in [2.75, 3.05) is 12.3 Å². The van der Waals surface area contributed by atoms with Gasteiger partial charge in [0.05, 0.1) is 17.5 Å². The second-order valence-corrected chi connectivity index (χ2v) is 6.44. The number of aryl methyl sites for hydroxylation is 1. The molecule has 0 spiro atoms. The Bertz CT molecular complexity index is 542. The maximum absolute atomic E-state index is 12.2. The summed E-state index contributed by atoms with van der Waals surface area (Å²) in [5.41, 5.74) is 1.62. The zero-order valence-electron chi connectivity index (χ0n) is 13.1. The van der Waals surface area contributed by atoms with E-state index in [0.29, 0.717) is 30.2 Å². The fraction of sp³-hybridized carbons (Fsp3) is 0.667. The standard InChI is InChI=1S/C15H24N4O2S/c1-10(2)18-15(21)12-9-17-19-5-3-11(7-13(12)19)8-16-14(20)4-6-22/h9-11,22H,3-8H2,1-2H3,(H,16,20)(H,18,21). The molecular weight excluding hydrogens is 300 g/mol. The highest BCUT2D eigenvalue weighted by Crippen LogP contribution is 2.22. The van der Waals surface area contributed by atoms with Gasteiger partial charge < -0.3 is 10.6 Å². The van der Waals surface area contributed by atoms with E-state index < -0.39 is 0 Å². The minimum Gasteiger partial charge on any atom is -0.356 e. The van der Waals surface area contributed by atoms with Crippen LogP contribution in [0.1, 0.15) is 42.7 Å². The summed E-state index contributed by atoms with van der Waals surface area (Å²) >= 11 is 4.05. The van der Waals surface area contributed by atoms with Crippen LogP contribution < -0.4 is 10.6 Å². The van der Waals surface area contributed by atoms with Crippen LogP contribution in [0.3, 0.4) is 0 Å². The van der Waals surface area contributed by atoms with Crippen molar-refractivity contribution in [2.45, 2.75) is 45.7 Å². The summed E-state index contributed by atoms with van der Waals surface area (Å²) in [7, 11) is 0. The first kappa shape index (κ1) is 16.9. The van der Waals surface area contributed by atoms with Crippen molar-refractivity contribution in [1.82, 2.24) is 20.4 Å². The molecule has 1 aliphatic heterocycles.